The number of halogens is 3. The molecule has 3 rings (SSSR count). The molecule has 25 heavy (non-hydrogen) atoms. The Morgan fingerprint density at radius 2 is 1.84 bits per heavy atom. The SMILES string of the molecule is Cn1c(C(=O)N(Cc2ccccn2)c2ccc(Cl)cc2)cc(Cl)c1Cl. The maximum Gasteiger partial charge on any atom is 0.275 e. The lowest BCUT2D eigenvalue weighted by atomic mass is 10.2. The Kier molecular flexibility index (Phi) is 5.33. The van der Waals surface area contributed by atoms with Gasteiger partial charge < -0.3 is 9.47 Å². The first-order valence-corrected chi connectivity index (χ1v) is 8.59. The van der Waals surface area contributed by atoms with Crippen molar-refractivity contribution in [1.29, 1.82) is 0 Å². The van der Waals surface area contributed by atoms with E-state index in [0.717, 1.165) is 5.69 Å². The maximum atomic E-state index is 13.1. The van der Waals surface area contributed by atoms with E-state index in [0.29, 0.717) is 33.1 Å². The van der Waals surface area contributed by atoms with Gasteiger partial charge >= 0.3 is 0 Å². The van der Waals surface area contributed by atoms with E-state index < -0.39 is 0 Å². The van der Waals surface area contributed by atoms with Crippen LogP contribution in [-0.2, 0) is 13.6 Å². The third-order valence-corrected chi connectivity index (χ3v) is 4.86. The van der Waals surface area contributed by atoms with Crippen molar-refractivity contribution in [3.8, 4) is 0 Å². The lowest BCUT2D eigenvalue weighted by Crippen LogP contribution is -2.32. The highest BCUT2D eigenvalue weighted by molar-refractivity contribution is 6.42. The molecule has 0 spiro atoms. The van der Waals surface area contributed by atoms with Crippen molar-refractivity contribution in [2.24, 2.45) is 7.05 Å². The Morgan fingerprint density at radius 3 is 2.40 bits per heavy atom. The Bertz CT molecular complexity index is 892. The molecule has 0 N–H and O–H groups in total. The van der Waals surface area contributed by atoms with Gasteiger partial charge in [-0.05, 0) is 42.5 Å². The molecule has 3 aromatic rings. The molecule has 0 bridgehead atoms. The predicted octanol–water partition coefficient (Wildman–Crippen LogP) is 5.23. The third-order valence-electron chi connectivity index (χ3n) is 3.77. The second-order valence-electron chi connectivity index (χ2n) is 5.42. The lowest BCUT2D eigenvalue weighted by molar-refractivity contribution is 0.0977. The summed E-state index contributed by atoms with van der Waals surface area (Å²) in [5.74, 6) is -0.232. The normalized spacial score (nSPS) is 10.7. The molecular weight excluding hydrogens is 381 g/mol. The van der Waals surface area contributed by atoms with Gasteiger partial charge in [-0.15, -0.1) is 0 Å². The Balaban J connectivity index is 2.02. The highest BCUT2D eigenvalue weighted by atomic mass is 35.5. The van der Waals surface area contributed by atoms with Crippen LogP contribution in [0.2, 0.25) is 15.2 Å². The van der Waals surface area contributed by atoms with E-state index in [-0.39, 0.29) is 5.91 Å². The number of anilines is 1. The molecule has 0 aliphatic heterocycles. The summed E-state index contributed by atoms with van der Waals surface area (Å²) in [4.78, 5) is 19.1. The quantitative estimate of drug-likeness (QED) is 0.608. The van der Waals surface area contributed by atoms with E-state index in [1.807, 2.05) is 18.2 Å². The lowest BCUT2D eigenvalue weighted by Gasteiger charge is -2.23. The van der Waals surface area contributed by atoms with Crippen molar-refractivity contribution in [3.63, 3.8) is 0 Å². The van der Waals surface area contributed by atoms with Crippen LogP contribution in [0.5, 0.6) is 0 Å². The molecule has 0 aliphatic carbocycles. The topological polar surface area (TPSA) is 38.1 Å². The van der Waals surface area contributed by atoms with Gasteiger partial charge in [-0.3, -0.25) is 9.78 Å². The third kappa shape index (κ3) is 3.82. The van der Waals surface area contributed by atoms with Crippen LogP contribution >= 0.6 is 34.8 Å². The summed E-state index contributed by atoms with van der Waals surface area (Å²) in [5, 5.41) is 1.25. The maximum absolute atomic E-state index is 13.1. The van der Waals surface area contributed by atoms with Crippen LogP contribution in [0.3, 0.4) is 0 Å². The van der Waals surface area contributed by atoms with Crippen molar-refractivity contribution in [2.45, 2.75) is 6.54 Å². The second-order valence-corrected chi connectivity index (χ2v) is 6.62. The molecule has 0 radical (unpaired) electrons. The highest BCUT2D eigenvalue weighted by Crippen LogP contribution is 2.28. The Hall–Kier alpha value is -2.01. The minimum atomic E-state index is -0.232. The zero-order chi connectivity index (χ0) is 18.0. The summed E-state index contributed by atoms with van der Waals surface area (Å²) >= 11 is 18.1. The fourth-order valence-corrected chi connectivity index (χ4v) is 2.94. The van der Waals surface area contributed by atoms with Crippen LogP contribution in [0.4, 0.5) is 5.69 Å². The van der Waals surface area contributed by atoms with Gasteiger partial charge in [0, 0.05) is 24.0 Å². The number of nitrogens with zero attached hydrogens (tertiary/aromatic N) is 3. The number of hydrogen-bond donors (Lipinski definition) is 0. The van der Waals surface area contributed by atoms with Crippen molar-refractivity contribution >= 4 is 46.4 Å². The molecule has 128 valence electrons. The van der Waals surface area contributed by atoms with Gasteiger partial charge in [0.2, 0.25) is 0 Å². The van der Waals surface area contributed by atoms with Crippen molar-refractivity contribution < 1.29 is 4.79 Å². The molecule has 0 aliphatic rings. The second kappa shape index (κ2) is 7.48. The summed E-state index contributed by atoms with van der Waals surface area (Å²) in [6.45, 7) is 0.307. The number of hydrogen-bond acceptors (Lipinski definition) is 2. The standard InChI is InChI=1S/C18H14Cl3N3O/c1-23-16(10-15(20)17(23)21)18(25)24(11-13-4-2-3-9-22-13)14-7-5-12(19)6-8-14/h2-10H,11H2,1H3. The van der Waals surface area contributed by atoms with Crippen LogP contribution in [0.25, 0.3) is 0 Å². The molecule has 1 aromatic carbocycles. The van der Waals surface area contributed by atoms with Gasteiger partial charge in [0.15, 0.2) is 0 Å². The highest BCUT2D eigenvalue weighted by Gasteiger charge is 2.23. The molecule has 2 aromatic heterocycles. The number of pyridine rings is 1. The van der Waals surface area contributed by atoms with Gasteiger partial charge in [-0.2, -0.15) is 0 Å². The van der Waals surface area contributed by atoms with E-state index in [1.165, 1.54) is 0 Å². The van der Waals surface area contributed by atoms with Gasteiger partial charge in [-0.1, -0.05) is 40.9 Å². The fourth-order valence-electron chi connectivity index (χ4n) is 2.44. The van der Waals surface area contributed by atoms with Crippen LogP contribution < -0.4 is 4.90 Å². The van der Waals surface area contributed by atoms with Gasteiger partial charge in [0.05, 0.1) is 17.3 Å². The average molecular weight is 395 g/mol. The summed E-state index contributed by atoms with van der Waals surface area (Å²) in [7, 11) is 1.70. The van der Waals surface area contributed by atoms with E-state index in [4.69, 9.17) is 34.8 Å². The number of aromatic nitrogens is 2. The summed E-state index contributed by atoms with van der Waals surface area (Å²) in [6.07, 6.45) is 1.69. The van der Waals surface area contributed by atoms with E-state index >= 15 is 0 Å². The Labute approximate surface area is 160 Å². The molecule has 0 atom stereocenters. The molecule has 7 heteroatoms. The molecule has 0 saturated carbocycles. The molecule has 0 saturated heterocycles. The minimum Gasteiger partial charge on any atom is -0.329 e. The average Bonchev–Trinajstić information content (AvgIpc) is 2.88. The zero-order valence-corrected chi connectivity index (χ0v) is 15.6. The number of carbonyl (C=O) groups is 1. The molecule has 4 nitrogen and oxygen atoms in total. The van der Waals surface area contributed by atoms with E-state index in [1.54, 1.807) is 53.0 Å². The number of benzene rings is 1. The molecule has 2 heterocycles. The zero-order valence-electron chi connectivity index (χ0n) is 13.3. The van der Waals surface area contributed by atoms with Gasteiger partial charge in [-0.25, -0.2) is 0 Å². The molecule has 0 fully saturated rings. The summed E-state index contributed by atoms with van der Waals surface area (Å²) < 4.78 is 1.56. The molecule has 0 unspecified atom stereocenters. The van der Waals surface area contributed by atoms with E-state index in [9.17, 15) is 4.79 Å². The first-order valence-electron chi connectivity index (χ1n) is 7.45. The van der Waals surface area contributed by atoms with Crippen molar-refractivity contribution in [3.05, 3.63) is 81.3 Å². The first-order chi connectivity index (χ1) is 12.0. The smallest absolute Gasteiger partial charge is 0.275 e. The number of amides is 1. The Morgan fingerprint density at radius 1 is 1.12 bits per heavy atom. The van der Waals surface area contributed by atoms with Crippen LogP contribution in [-0.4, -0.2) is 15.5 Å². The first kappa shape index (κ1) is 17.8. The molecular formula is C18H14Cl3N3O. The largest absolute Gasteiger partial charge is 0.329 e. The molecule has 1 amide bonds. The van der Waals surface area contributed by atoms with Crippen LogP contribution in [0, 0.1) is 0 Å². The van der Waals surface area contributed by atoms with E-state index in [2.05, 4.69) is 4.98 Å². The summed E-state index contributed by atoms with van der Waals surface area (Å²) in [6, 6.07) is 14.2. The van der Waals surface area contributed by atoms with Crippen LogP contribution in [0.1, 0.15) is 16.2 Å². The van der Waals surface area contributed by atoms with Gasteiger partial charge in [0.25, 0.3) is 5.91 Å². The van der Waals surface area contributed by atoms with Crippen molar-refractivity contribution in [1.82, 2.24) is 9.55 Å². The predicted molar refractivity (Wildman–Crippen MR) is 102 cm³/mol. The fraction of sp³-hybridized carbons (Fsp3) is 0.111. The number of rotatable bonds is 4. The van der Waals surface area contributed by atoms with Crippen LogP contribution in [0.15, 0.2) is 54.7 Å². The number of carbonyl (C=O) groups excluding carboxylic acids is 1. The minimum absolute atomic E-state index is 0.232. The summed E-state index contributed by atoms with van der Waals surface area (Å²) in [5.41, 5.74) is 1.85. The monoisotopic (exact) mass is 393 g/mol. The van der Waals surface area contributed by atoms with Crippen molar-refractivity contribution in [2.75, 3.05) is 4.90 Å². The van der Waals surface area contributed by atoms with Gasteiger partial charge in [0.1, 0.15) is 10.8 Å².